The summed E-state index contributed by atoms with van der Waals surface area (Å²) in [6, 6.07) is 0.618. The van der Waals surface area contributed by atoms with Crippen LogP contribution in [-0.4, -0.2) is 13.1 Å². The Morgan fingerprint density at radius 2 is 1.93 bits per heavy atom. The summed E-state index contributed by atoms with van der Waals surface area (Å²) in [5, 5.41) is 3.40. The summed E-state index contributed by atoms with van der Waals surface area (Å²) in [7, 11) is 2.06. The Morgan fingerprint density at radius 3 is 2.29 bits per heavy atom. The van der Waals surface area contributed by atoms with Crippen molar-refractivity contribution < 1.29 is 0 Å². The minimum absolute atomic E-state index is 0.363. The highest BCUT2D eigenvalue weighted by Gasteiger charge is 2.21. The second-order valence-corrected chi connectivity index (χ2v) is 5.20. The van der Waals surface area contributed by atoms with E-state index in [2.05, 4.69) is 46.6 Å². The molecule has 0 aromatic rings. The van der Waals surface area contributed by atoms with Crippen LogP contribution in [-0.2, 0) is 0 Å². The SMILES string of the molecule is C=C(CC)CCCC(NC)C(C)(C)C. The van der Waals surface area contributed by atoms with E-state index in [1.807, 2.05) is 0 Å². The number of hydrogen-bond acceptors (Lipinski definition) is 1. The van der Waals surface area contributed by atoms with Crippen LogP contribution < -0.4 is 5.32 Å². The maximum absolute atomic E-state index is 4.04. The molecule has 0 saturated carbocycles. The molecule has 0 aliphatic heterocycles. The zero-order chi connectivity index (χ0) is 11.2. The molecule has 0 aliphatic carbocycles. The highest BCUT2D eigenvalue weighted by Crippen LogP contribution is 2.23. The molecule has 1 nitrogen and oxygen atoms in total. The van der Waals surface area contributed by atoms with Gasteiger partial charge in [-0.3, -0.25) is 0 Å². The third-order valence-corrected chi connectivity index (χ3v) is 2.92. The van der Waals surface area contributed by atoms with Gasteiger partial charge in [0.2, 0.25) is 0 Å². The minimum Gasteiger partial charge on any atom is -0.316 e. The van der Waals surface area contributed by atoms with Gasteiger partial charge in [0.25, 0.3) is 0 Å². The van der Waals surface area contributed by atoms with E-state index in [0.29, 0.717) is 11.5 Å². The molecule has 0 radical (unpaired) electrons. The zero-order valence-electron chi connectivity index (χ0n) is 10.6. The number of rotatable bonds is 6. The Balaban J connectivity index is 3.80. The van der Waals surface area contributed by atoms with Crippen molar-refractivity contribution in [3.63, 3.8) is 0 Å². The molecule has 0 amide bonds. The zero-order valence-corrected chi connectivity index (χ0v) is 10.6. The fraction of sp³-hybridized carbons (Fsp3) is 0.846. The lowest BCUT2D eigenvalue weighted by Gasteiger charge is -2.30. The Hall–Kier alpha value is -0.300. The molecule has 0 heterocycles. The average molecular weight is 197 g/mol. The van der Waals surface area contributed by atoms with Crippen LogP contribution in [0.2, 0.25) is 0 Å². The van der Waals surface area contributed by atoms with E-state index in [-0.39, 0.29) is 0 Å². The molecule has 0 aromatic heterocycles. The van der Waals surface area contributed by atoms with E-state index in [9.17, 15) is 0 Å². The van der Waals surface area contributed by atoms with Crippen LogP contribution in [0.25, 0.3) is 0 Å². The van der Waals surface area contributed by atoms with Gasteiger partial charge in [-0.2, -0.15) is 0 Å². The maximum Gasteiger partial charge on any atom is 0.0113 e. The molecule has 0 bridgehead atoms. The Bertz CT molecular complexity index is 165. The number of allylic oxidation sites excluding steroid dienone is 1. The van der Waals surface area contributed by atoms with Crippen LogP contribution in [0.15, 0.2) is 12.2 Å². The Labute approximate surface area is 90.0 Å². The Kier molecular flexibility index (Phi) is 6.10. The molecule has 0 fully saturated rings. The van der Waals surface area contributed by atoms with Crippen molar-refractivity contribution in [2.75, 3.05) is 7.05 Å². The first kappa shape index (κ1) is 13.7. The topological polar surface area (TPSA) is 12.0 Å². The summed E-state index contributed by atoms with van der Waals surface area (Å²) in [6.07, 6.45) is 4.82. The number of nitrogens with one attached hydrogen (secondary N) is 1. The third kappa shape index (κ3) is 5.43. The van der Waals surface area contributed by atoms with Crippen LogP contribution in [0.3, 0.4) is 0 Å². The molecule has 1 N–H and O–H groups in total. The van der Waals surface area contributed by atoms with Gasteiger partial charge in [-0.1, -0.05) is 39.8 Å². The van der Waals surface area contributed by atoms with Crippen LogP contribution in [0.1, 0.15) is 53.4 Å². The largest absolute Gasteiger partial charge is 0.316 e. The fourth-order valence-corrected chi connectivity index (χ4v) is 1.74. The van der Waals surface area contributed by atoms with Crippen LogP contribution in [0.5, 0.6) is 0 Å². The van der Waals surface area contributed by atoms with Gasteiger partial charge in [-0.15, -0.1) is 0 Å². The van der Waals surface area contributed by atoms with Crippen LogP contribution in [0.4, 0.5) is 0 Å². The summed E-state index contributed by atoms with van der Waals surface area (Å²) in [4.78, 5) is 0. The Morgan fingerprint density at radius 1 is 1.36 bits per heavy atom. The van der Waals surface area contributed by atoms with E-state index in [1.54, 1.807) is 0 Å². The molecule has 0 aliphatic rings. The lowest BCUT2D eigenvalue weighted by Crippen LogP contribution is -2.37. The van der Waals surface area contributed by atoms with E-state index in [0.717, 1.165) is 6.42 Å². The van der Waals surface area contributed by atoms with Crippen LogP contribution in [0, 0.1) is 5.41 Å². The van der Waals surface area contributed by atoms with Gasteiger partial charge < -0.3 is 5.32 Å². The molecule has 0 saturated heterocycles. The van der Waals surface area contributed by atoms with Gasteiger partial charge >= 0.3 is 0 Å². The van der Waals surface area contributed by atoms with Gasteiger partial charge in [-0.25, -0.2) is 0 Å². The highest BCUT2D eigenvalue weighted by molar-refractivity contribution is 4.92. The van der Waals surface area contributed by atoms with E-state index < -0.39 is 0 Å². The molecule has 0 spiro atoms. The summed E-state index contributed by atoms with van der Waals surface area (Å²) in [6.45, 7) is 13.1. The van der Waals surface area contributed by atoms with Crippen molar-refractivity contribution in [3.8, 4) is 0 Å². The van der Waals surface area contributed by atoms with Gasteiger partial charge in [-0.05, 0) is 38.1 Å². The first-order chi connectivity index (χ1) is 6.41. The van der Waals surface area contributed by atoms with Gasteiger partial charge in [0.05, 0.1) is 0 Å². The number of hydrogen-bond donors (Lipinski definition) is 1. The smallest absolute Gasteiger partial charge is 0.0113 e. The van der Waals surface area contributed by atoms with E-state index in [1.165, 1.54) is 24.8 Å². The first-order valence-electron chi connectivity index (χ1n) is 5.75. The van der Waals surface area contributed by atoms with Crippen molar-refractivity contribution in [2.24, 2.45) is 5.41 Å². The van der Waals surface area contributed by atoms with Crippen molar-refractivity contribution in [1.82, 2.24) is 5.32 Å². The lowest BCUT2D eigenvalue weighted by atomic mass is 9.83. The normalized spacial score (nSPS) is 14.1. The molecule has 84 valence electrons. The summed E-state index contributed by atoms with van der Waals surface area (Å²) in [5.74, 6) is 0. The monoisotopic (exact) mass is 197 g/mol. The van der Waals surface area contributed by atoms with E-state index >= 15 is 0 Å². The quantitative estimate of drug-likeness (QED) is 0.639. The minimum atomic E-state index is 0.363. The average Bonchev–Trinajstić information content (AvgIpc) is 2.09. The molecular formula is C13H27N. The molecule has 1 heteroatoms. The van der Waals surface area contributed by atoms with E-state index in [4.69, 9.17) is 0 Å². The highest BCUT2D eigenvalue weighted by atomic mass is 14.9. The molecule has 1 atom stereocenters. The van der Waals surface area contributed by atoms with Gasteiger partial charge in [0.15, 0.2) is 0 Å². The molecular weight excluding hydrogens is 170 g/mol. The van der Waals surface area contributed by atoms with Crippen molar-refractivity contribution in [2.45, 2.75) is 59.4 Å². The van der Waals surface area contributed by atoms with Crippen molar-refractivity contribution >= 4 is 0 Å². The van der Waals surface area contributed by atoms with Gasteiger partial charge in [0.1, 0.15) is 0 Å². The second kappa shape index (κ2) is 6.23. The summed E-state index contributed by atoms with van der Waals surface area (Å²) < 4.78 is 0. The van der Waals surface area contributed by atoms with Crippen molar-refractivity contribution in [1.29, 1.82) is 0 Å². The second-order valence-electron chi connectivity index (χ2n) is 5.20. The predicted molar refractivity (Wildman–Crippen MR) is 65.6 cm³/mol. The fourth-order valence-electron chi connectivity index (χ4n) is 1.74. The lowest BCUT2D eigenvalue weighted by molar-refractivity contribution is 0.263. The summed E-state index contributed by atoms with van der Waals surface area (Å²) in [5.41, 5.74) is 1.75. The van der Waals surface area contributed by atoms with Gasteiger partial charge in [0, 0.05) is 6.04 Å². The van der Waals surface area contributed by atoms with Crippen LogP contribution >= 0.6 is 0 Å². The molecule has 14 heavy (non-hydrogen) atoms. The molecule has 0 aromatic carbocycles. The molecule has 1 unspecified atom stereocenters. The molecule has 0 rings (SSSR count). The first-order valence-corrected chi connectivity index (χ1v) is 5.75. The third-order valence-electron chi connectivity index (χ3n) is 2.92. The van der Waals surface area contributed by atoms with Crippen molar-refractivity contribution in [3.05, 3.63) is 12.2 Å². The predicted octanol–water partition coefficient (Wildman–Crippen LogP) is 3.76. The summed E-state index contributed by atoms with van der Waals surface area (Å²) >= 11 is 0. The maximum atomic E-state index is 4.04. The standard InChI is InChI=1S/C13H27N/c1-7-11(2)9-8-10-12(14-6)13(3,4)5/h12,14H,2,7-10H2,1,3-6H3.